The average molecular weight is 357 g/mol. The zero-order chi connectivity index (χ0) is 18.9. The summed E-state index contributed by atoms with van der Waals surface area (Å²) >= 11 is 0. The Morgan fingerprint density at radius 2 is 1.77 bits per heavy atom. The predicted molar refractivity (Wildman–Crippen MR) is 93.5 cm³/mol. The molecule has 0 heterocycles. The summed E-state index contributed by atoms with van der Waals surface area (Å²) in [6.07, 6.45) is 0.676. The summed E-state index contributed by atoms with van der Waals surface area (Å²) in [4.78, 5) is 34.4. The highest BCUT2D eigenvalue weighted by molar-refractivity contribution is 5.92. The van der Waals surface area contributed by atoms with Gasteiger partial charge in [-0.05, 0) is 18.2 Å². The van der Waals surface area contributed by atoms with Crippen molar-refractivity contribution < 1.29 is 28.6 Å². The Kier molecular flexibility index (Phi) is 6.73. The highest BCUT2D eigenvalue weighted by Crippen LogP contribution is 2.30. The Morgan fingerprint density at radius 1 is 1.04 bits per heavy atom. The molecule has 0 saturated heterocycles. The molecule has 1 amide bonds. The van der Waals surface area contributed by atoms with Crippen LogP contribution in [0.25, 0.3) is 0 Å². The second-order valence-electron chi connectivity index (χ2n) is 5.25. The van der Waals surface area contributed by atoms with E-state index in [1.807, 2.05) is 0 Å². The number of rotatable bonds is 8. The number of methoxy groups -OCH3 is 2. The third kappa shape index (κ3) is 4.83. The number of hydrogen-bond acceptors (Lipinski definition) is 6. The summed E-state index contributed by atoms with van der Waals surface area (Å²) in [5.41, 5.74) is 1.44. The molecule has 0 radical (unpaired) electrons. The minimum absolute atomic E-state index is 0.199. The lowest BCUT2D eigenvalue weighted by molar-refractivity contribution is -0.124. The van der Waals surface area contributed by atoms with Gasteiger partial charge in [0.2, 0.25) is 0 Å². The van der Waals surface area contributed by atoms with E-state index in [2.05, 4.69) is 5.32 Å². The van der Waals surface area contributed by atoms with Crippen molar-refractivity contribution in [1.82, 2.24) is 5.32 Å². The topological polar surface area (TPSA) is 90.9 Å². The lowest BCUT2D eigenvalue weighted by Gasteiger charge is -2.13. The summed E-state index contributed by atoms with van der Waals surface area (Å²) < 4.78 is 15.4. The molecule has 2 aromatic rings. The van der Waals surface area contributed by atoms with Gasteiger partial charge in [-0.2, -0.15) is 0 Å². The van der Waals surface area contributed by atoms with Crippen molar-refractivity contribution in [2.24, 2.45) is 0 Å². The molecule has 0 atom stereocenters. The van der Waals surface area contributed by atoms with Crippen LogP contribution in [0.1, 0.15) is 26.3 Å². The monoisotopic (exact) mass is 357 g/mol. The number of para-hydroxylation sites is 1. The van der Waals surface area contributed by atoms with E-state index < -0.39 is 18.5 Å². The smallest absolute Gasteiger partial charge is 0.338 e. The average Bonchev–Trinajstić information content (AvgIpc) is 2.69. The summed E-state index contributed by atoms with van der Waals surface area (Å²) in [5.74, 6) is -0.00342. The molecule has 0 saturated carbocycles. The molecule has 0 aromatic heterocycles. The van der Waals surface area contributed by atoms with Crippen LogP contribution in [0.3, 0.4) is 0 Å². The highest BCUT2D eigenvalue weighted by Gasteiger charge is 2.13. The lowest BCUT2D eigenvalue weighted by Crippen LogP contribution is -2.28. The first-order valence-electron chi connectivity index (χ1n) is 7.78. The SMILES string of the molecule is COc1cccc(CNC(=O)COC(=O)c2ccc(C=O)cc2)c1OC. The van der Waals surface area contributed by atoms with Crippen molar-refractivity contribution in [3.05, 3.63) is 59.2 Å². The van der Waals surface area contributed by atoms with E-state index in [-0.39, 0.29) is 12.1 Å². The Balaban J connectivity index is 1.87. The van der Waals surface area contributed by atoms with Crippen LogP contribution in [0, 0.1) is 0 Å². The second kappa shape index (κ2) is 9.22. The lowest BCUT2D eigenvalue weighted by atomic mass is 10.1. The minimum atomic E-state index is -0.642. The van der Waals surface area contributed by atoms with E-state index in [1.54, 1.807) is 18.2 Å². The van der Waals surface area contributed by atoms with Gasteiger partial charge in [-0.1, -0.05) is 24.3 Å². The molecular formula is C19H19NO6. The molecule has 0 spiro atoms. The summed E-state index contributed by atoms with van der Waals surface area (Å²) in [6, 6.07) is 11.3. The van der Waals surface area contributed by atoms with Crippen molar-refractivity contribution in [3.8, 4) is 11.5 Å². The van der Waals surface area contributed by atoms with Crippen molar-refractivity contribution in [2.45, 2.75) is 6.54 Å². The van der Waals surface area contributed by atoms with Gasteiger partial charge in [0.05, 0.1) is 19.8 Å². The normalized spacial score (nSPS) is 9.92. The molecule has 0 aliphatic rings. The van der Waals surface area contributed by atoms with Gasteiger partial charge in [0.15, 0.2) is 18.1 Å². The Hall–Kier alpha value is -3.35. The minimum Gasteiger partial charge on any atom is -0.493 e. The quantitative estimate of drug-likeness (QED) is 0.574. The Labute approximate surface area is 150 Å². The Morgan fingerprint density at radius 3 is 2.38 bits per heavy atom. The van der Waals surface area contributed by atoms with Crippen LogP contribution in [0.4, 0.5) is 0 Å². The number of amides is 1. The van der Waals surface area contributed by atoms with E-state index in [1.165, 1.54) is 38.5 Å². The number of hydrogen-bond donors (Lipinski definition) is 1. The van der Waals surface area contributed by atoms with Crippen molar-refractivity contribution in [3.63, 3.8) is 0 Å². The van der Waals surface area contributed by atoms with Gasteiger partial charge in [0.1, 0.15) is 6.29 Å². The number of esters is 1. The highest BCUT2D eigenvalue weighted by atomic mass is 16.5. The molecule has 0 bridgehead atoms. The summed E-state index contributed by atoms with van der Waals surface area (Å²) in [6.45, 7) is -0.217. The first kappa shape index (κ1) is 19.0. The van der Waals surface area contributed by atoms with Gasteiger partial charge in [0.25, 0.3) is 5.91 Å². The van der Waals surface area contributed by atoms with Gasteiger partial charge >= 0.3 is 5.97 Å². The third-order valence-corrected chi connectivity index (χ3v) is 3.58. The number of aldehydes is 1. The van der Waals surface area contributed by atoms with Crippen LogP contribution in [0.15, 0.2) is 42.5 Å². The van der Waals surface area contributed by atoms with E-state index in [0.29, 0.717) is 23.3 Å². The van der Waals surface area contributed by atoms with Crippen molar-refractivity contribution in [2.75, 3.05) is 20.8 Å². The van der Waals surface area contributed by atoms with Crippen LogP contribution in [0.2, 0.25) is 0 Å². The van der Waals surface area contributed by atoms with Gasteiger partial charge < -0.3 is 19.5 Å². The molecular weight excluding hydrogens is 338 g/mol. The van der Waals surface area contributed by atoms with Gasteiger partial charge in [-0.25, -0.2) is 4.79 Å². The van der Waals surface area contributed by atoms with Crippen molar-refractivity contribution >= 4 is 18.2 Å². The molecule has 0 aliphatic heterocycles. The number of carbonyl (C=O) groups excluding carboxylic acids is 3. The molecule has 2 rings (SSSR count). The Bertz CT molecular complexity index is 785. The fraction of sp³-hybridized carbons (Fsp3) is 0.211. The van der Waals surface area contributed by atoms with Gasteiger partial charge in [0, 0.05) is 17.7 Å². The largest absolute Gasteiger partial charge is 0.493 e. The molecule has 26 heavy (non-hydrogen) atoms. The molecule has 2 aromatic carbocycles. The fourth-order valence-corrected chi connectivity index (χ4v) is 2.25. The van der Waals surface area contributed by atoms with E-state index in [0.717, 1.165) is 5.56 Å². The van der Waals surface area contributed by atoms with E-state index in [4.69, 9.17) is 14.2 Å². The number of carbonyl (C=O) groups is 3. The first-order chi connectivity index (χ1) is 12.6. The predicted octanol–water partition coefficient (Wildman–Crippen LogP) is 1.99. The second-order valence-corrected chi connectivity index (χ2v) is 5.25. The standard InChI is InChI=1S/C19H19NO6/c1-24-16-5-3-4-15(18(16)25-2)10-20-17(22)12-26-19(23)14-8-6-13(11-21)7-9-14/h3-9,11H,10,12H2,1-2H3,(H,20,22). The van der Waals surface area contributed by atoms with Crippen LogP contribution < -0.4 is 14.8 Å². The summed E-state index contributed by atoms with van der Waals surface area (Å²) in [7, 11) is 3.04. The number of ether oxygens (including phenoxy) is 3. The molecule has 0 unspecified atom stereocenters. The fourth-order valence-electron chi connectivity index (χ4n) is 2.25. The van der Waals surface area contributed by atoms with Crippen molar-refractivity contribution in [1.29, 1.82) is 0 Å². The van der Waals surface area contributed by atoms with E-state index in [9.17, 15) is 14.4 Å². The third-order valence-electron chi connectivity index (χ3n) is 3.58. The van der Waals surface area contributed by atoms with E-state index >= 15 is 0 Å². The zero-order valence-corrected chi connectivity index (χ0v) is 14.5. The molecule has 7 heteroatoms. The van der Waals surface area contributed by atoms with Crippen LogP contribution in [-0.2, 0) is 16.1 Å². The zero-order valence-electron chi connectivity index (χ0n) is 14.5. The van der Waals surface area contributed by atoms with Crippen LogP contribution in [0.5, 0.6) is 11.5 Å². The summed E-state index contributed by atoms with van der Waals surface area (Å²) in [5, 5.41) is 2.65. The maximum absolute atomic E-state index is 11.9. The van der Waals surface area contributed by atoms with Gasteiger partial charge in [-0.3, -0.25) is 9.59 Å². The van der Waals surface area contributed by atoms with Gasteiger partial charge in [-0.15, -0.1) is 0 Å². The molecule has 0 aliphatic carbocycles. The molecule has 1 N–H and O–H groups in total. The molecule has 136 valence electrons. The molecule has 7 nitrogen and oxygen atoms in total. The maximum atomic E-state index is 11.9. The molecule has 0 fully saturated rings. The van der Waals surface area contributed by atoms with Crippen LogP contribution >= 0.6 is 0 Å². The van der Waals surface area contributed by atoms with Crippen LogP contribution in [-0.4, -0.2) is 39.0 Å². The number of nitrogens with one attached hydrogen (secondary N) is 1. The first-order valence-corrected chi connectivity index (χ1v) is 7.78. The number of benzene rings is 2. The maximum Gasteiger partial charge on any atom is 0.338 e.